The maximum Gasteiger partial charge on any atom is 0.229 e. The van der Waals surface area contributed by atoms with Crippen LogP contribution in [-0.4, -0.2) is 47.6 Å². The zero-order valence-electron chi connectivity index (χ0n) is 19.8. The molecule has 5 aromatic rings. The van der Waals surface area contributed by atoms with Gasteiger partial charge in [-0.25, -0.2) is 9.67 Å². The van der Waals surface area contributed by atoms with E-state index in [4.69, 9.17) is 9.97 Å². The summed E-state index contributed by atoms with van der Waals surface area (Å²) in [6.45, 7) is 3.12. The molecule has 0 bridgehead atoms. The largest absolute Gasteiger partial charge is 0.364 e. The van der Waals surface area contributed by atoms with Gasteiger partial charge in [-0.15, -0.1) is 5.10 Å². The molecule has 1 aliphatic rings. The fraction of sp³-hybridized carbons (Fsp3) is 0.269. The van der Waals surface area contributed by atoms with Gasteiger partial charge >= 0.3 is 0 Å². The summed E-state index contributed by atoms with van der Waals surface area (Å²) in [5, 5.41) is 12.2. The third-order valence-electron chi connectivity index (χ3n) is 6.37. The van der Waals surface area contributed by atoms with Crippen LogP contribution in [-0.2, 0) is 13.1 Å². The van der Waals surface area contributed by atoms with Gasteiger partial charge in [0, 0.05) is 24.1 Å². The molecule has 10 heteroatoms. The average molecular weight is 544 g/mol. The molecule has 0 spiro atoms. The zero-order valence-corrected chi connectivity index (χ0v) is 21.3. The summed E-state index contributed by atoms with van der Waals surface area (Å²) in [6, 6.07) is 18.3. The number of nitrogens with zero attached hydrogens (tertiary/aromatic N) is 8. The summed E-state index contributed by atoms with van der Waals surface area (Å²) < 4.78 is 4.76. The Labute approximate surface area is 217 Å². The van der Waals surface area contributed by atoms with Crippen molar-refractivity contribution in [2.75, 3.05) is 23.3 Å². The van der Waals surface area contributed by atoms with E-state index < -0.39 is 0 Å². The van der Waals surface area contributed by atoms with Crippen molar-refractivity contribution in [3.8, 4) is 5.69 Å². The van der Waals surface area contributed by atoms with Crippen molar-refractivity contribution in [2.45, 2.75) is 32.4 Å². The highest BCUT2D eigenvalue weighted by Crippen LogP contribution is 2.26. The Morgan fingerprint density at radius 3 is 2.56 bits per heavy atom. The molecule has 0 atom stereocenters. The molecule has 1 fully saturated rings. The first-order chi connectivity index (χ1) is 17.7. The topological polar surface area (TPSA) is 89.6 Å². The molecule has 9 nitrogen and oxygen atoms in total. The van der Waals surface area contributed by atoms with E-state index in [0.29, 0.717) is 13.1 Å². The fourth-order valence-electron chi connectivity index (χ4n) is 4.49. The van der Waals surface area contributed by atoms with Gasteiger partial charge in [-0.1, -0.05) is 47.7 Å². The molecule has 1 saturated heterocycles. The van der Waals surface area contributed by atoms with Gasteiger partial charge in [0.15, 0.2) is 17.0 Å². The van der Waals surface area contributed by atoms with Gasteiger partial charge in [0.05, 0.1) is 24.8 Å². The number of rotatable bonds is 7. The lowest BCUT2D eigenvalue weighted by atomic mass is 10.1. The Balaban J connectivity index is 1.33. The van der Waals surface area contributed by atoms with Gasteiger partial charge in [-0.2, -0.15) is 9.97 Å². The van der Waals surface area contributed by atoms with Crippen LogP contribution < -0.4 is 10.2 Å². The number of imidazole rings is 1. The number of aromatic nitrogens is 7. The molecule has 3 aromatic heterocycles. The minimum Gasteiger partial charge on any atom is -0.364 e. The maximum absolute atomic E-state index is 4.96. The lowest BCUT2D eigenvalue weighted by Crippen LogP contribution is -2.31. The van der Waals surface area contributed by atoms with Crippen molar-refractivity contribution in [3.05, 3.63) is 82.9 Å². The molecule has 36 heavy (non-hydrogen) atoms. The Hall–Kier alpha value is -3.79. The number of fused-ring (bicyclic) bond motifs is 1. The first-order valence-electron chi connectivity index (χ1n) is 12.2. The molecule has 0 aliphatic carbocycles. The van der Waals surface area contributed by atoms with Gasteiger partial charge in [0.2, 0.25) is 5.95 Å². The van der Waals surface area contributed by atoms with Crippen LogP contribution in [0.2, 0.25) is 0 Å². The van der Waals surface area contributed by atoms with Crippen molar-refractivity contribution in [3.63, 3.8) is 0 Å². The quantitative estimate of drug-likeness (QED) is 0.314. The normalized spacial score (nSPS) is 13.9. The molecule has 0 radical (unpaired) electrons. The highest BCUT2D eigenvalue weighted by atomic mass is 79.9. The number of nitrogens with one attached hydrogen (secondary N) is 1. The van der Waals surface area contributed by atoms with Gasteiger partial charge in [-0.05, 0) is 52.9 Å². The van der Waals surface area contributed by atoms with Gasteiger partial charge in [-0.3, -0.25) is 0 Å². The third-order valence-corrected chi connectivity index (χ3v) is 7.04. The van der Waals surface area contributed by atoms with Crippen molar-refractivity contribution >= 4 is 38.9 Å². The lowest BCUT2D eigenvalue weighted by molar-refractivity contribution is 0.568. The average Bonchev–Trinajstić information content (AvgIpc) is 3.56. The summed E-state index contributed by atoms with van der Waals surface area (Å²) in [7, 11) is 0. The fourth-order valence-corrected chi connectivity index (χ4v) is 4.96. The monoisotopic (exact) mass is 543 g/mol. The molecule has 0 unspecified atom stereocenters. The number of hydrogen-bond donors (Lipinski definition) is 1. The number of hydrogen-bond acceptors (Lipinski definition) is 7. The van der Waals surface area contributed by atoms with E-state index in [2.05, 4.69) is 53.6 Å². The summed E-state index contributed by atoms with van der Waals surface area (Å²) in [5.41, 5.74) is 4.49. The smallest absolute Gasteiger partial charge is 0.229 e. The second-order valence-electron chi connectivity index (χ2n) is 8.91. The number of para-hydroxylation sites is 1. The first kappa shape index (κ1) is 22.7. The van der Waals surface area contributed by atoms with Crippen molar-refractivity contribution < 1.29 is 0 Å². The highest BCUT2D eigenvalue weighted by molar-refractivity contribution is 9.10. The number of benzene rings is 2. The zero-order chi connectivity index (χ0) is 24.3. The van der Waals surface area contributed by atoms with Crippen LogP contribution in [0.1, 0.15) is 30.5 Å². The molecular weight excluding hydrogens is 518 g/mol. The van der Waals surface area contributed by atoms with Crippen molar-refractivity contribution in [1.82, 2.24) is 34.5 Å². The molecule has 1 aliphatic heterocycles. The molecule has 182 valence electrons. The maximum atomic E-state index is 4.96. The molecule has 6 rings (SSSR count). The van der Waals surface area contributed by atoms with E-state index in [0.717, 1.165) is 64.7 Å². The predicted octanol–water partition coefficient (Wildman–Crippen LogP) is 4.82. The highest BCUT2D eigenvalue weighted by Gasteiger charge is 2.19. The number of anilines is 2. The minimum absolute atomic E-state index is 0.509. The van der Waals surface area contributed by atoms with E-state index in [9.17, 15) is 0 Å². The second kappa shape index (κ2) is 10.1. The van der Waals surface area contributed by atoms with Crippen LogP contribution >= 0.6 is 15.9 Å². The van der Waals surface area contributed by atoms with Gasteiger partial charge in [0.1, 0.15) is 5.69 Å². The Bertz CT molecular complexity index is 1470. The lowest BCUT2D eigenvalue weighted by Gasteiger charge is -2.27. The molecule has 1 N–H and O–H groups in total. The van der Waals surface area contributed by atoms with E-state index in [1.54, 1.807) is 4.68 Å². The number of piperidine rings is 1. The summed E-state index contributed by atoms with van der Waals surface area (Å²) in [6.07, 6.45) is 7.32. The predicted molar refractivity (Wildman–Crippen MR) is 143 cm³/mol. The van der Waals surface area contributed by atoms with Crippen molar-refractivity contribution in [2.24, 2.45) is 0 Å². The summed E-state index contributed by atoms with van der Waals surface area (Å²) >= 11 is 3.59. The Kier molecular flexibility index (Phi) is 6.33. The Morgan fingerprint density at radius 1 is 0.917 bits per heavy atom. The molecular formula is C26H26BrN9. The molecule has 0 saturated carbocycles. The van der Waals surface area contributed by atoms with E-state index >= 15 is 0 Å². The van der Waals surface area contributed by atoms with Crippen LogP contribution in [0, 0.1) is 0 Å². The van der Waals surface area contributed by atoms with Gasteiger partial charge < -0.3 is 14.8 Å². The van der Waals surface area contributed by atoms with E-state index in [1.165, 1.54) is 12.0 Å². The molecule has 0 amide bonds. The summed E-state index contributed by atoms with van der Waals surface area (Å²) in [4.78, 5) is 16.8. The Morgan fingerprint density at radius 2 is 1.72 bits per heavy atom. The first-order valence-corrected chi connectivity index (χ1v) is 13.0. The molecule has 4 heterocycles. The van der Waals surface area contributed by atoms with Crippen LogP contribution in [0.3, 0.4) is 0 Å². The van der Waals surface area contributed by atoms with E-state index in [-0.39, 0.29) is 0 Å². The third kappa shape index (κ3) is 4.68. The molecule has 2 aromatic carbocycles. The van der Waals surface area contributed by atoms with Crippen LogP contribution in [0.25, 0.3) is 16.9 Å². The SMILES string of the molecule is Brc1ccccc1-n1cc(Cn2cnc3c(NCc4ccccc4)nc(N4CCCCC4)nc32)nn1. The minimum atomic E-state index is 0.509. The van der Waals surface area contributed by atoms with E-state index in [1.807, 2.05) is 59.6 Å². The standard InChI is InChI=1S/C26H26BrN9/c27-21-11-5-6-12-22(21)36-17-20(32-33-36)16-35-18-29-23-24(28-15-19-9-3-1-4-10-19)30-26(31-25(23)35)34-13-7-2-8-14-34/h1,3-6,9-12,17-18H,2,7-8,13-16H2,(H,28,30,31). The van der Waals surface area contributed by atoms with Crippen LogP contribution in [0.4, 0.5) is 11.8 Å². The van der Waals surface area contributed by atoms with Crippen LogP contribution in [0.5, 0.6) is 0 Å². The summed E-state index contributed by atoms with van der Waals surface area (Å²) in [5.74, 6) is 1.50. The number of halogens is 1. The van der Waals surface area contributed by atoms with Crippen LogP contribution in [0.15, 0.2) is 71.6 Å². The van der Waals surface area contributed by atoms with Crippen molar-refractivity contribution in [1.29, 1.82) is 0 Å². The second-order valence-corrected chi connectivity index (χ2v) is 9.76. The van der Waals surface area contributed by atoms with Gasteiger partial charge in [0.25, 0.3) is 0 Å².